The zero-order chi connectivity index (χ0) is 19.8. The zero-order valence-corrected chi connectivity index (χ0v) is 14.8. The van der Waals surface area contributed by atoms with Crippen LogP contribution in [-0.2, 0) is 19.1 Å². The summed E-state index contributed by atoms with van der Waals surface area (Å²) in [5, 5.41) is 5.10. The largest absolute Gasteiger partial charge is 0.465 e. The van der Waals surface area contributed by atoms with Crippen LogP contribution in [0.15, 0.2) is 48.5 Å². The van der Waals surface area contributed by atoms with Crippen LogP contribution in [0.1, 0.15) is 27.1 Å². The number of ether oxygens (including phenoxy) is 2. The van der Waals surface area contributed by atoms with Gasteiger partial charge in [0.2, 0.25) is 11.8 Å². The topological polar surface area (TPSA) is 111 Å². The molecule has 0 aliphatic rings. The van der Waals surface area contributed by atoms with Crippen molar-refractivity contribution in [3.05, 3.63) is 59.7 Å². The van der Waals surface area contributed by atoms with E-state index in [9.17, 15) is 19.2 Å². The molecule has 2 aromatic rings. The fourth-order valence-corrected chi connectivity index (χ4v) is 2.21. The Kier molecular flexibility index (Phi) is 6.65. The molecule has 0 atom stereocenters. The Morgan fingerprint density at radius 2 is 1.30 bits per heavy atom. The minimum Gasteiger partial charge on any atom is -0.465 e. The van der Waals surface area contributed by atoms with Crippen molar-refractivity contribution in [2.75, 3.05) is 24.9 Å². The highest BCUT2D eigenvalue weighted by Crippen LogP contribution is 2.13. The second-order valence-electron chi connectivity index (χ2n) is 5.41. The number of hydrogen-bond acceptors (Lipinski definition) is 6. The minimum absolute atomic E-state index is 0.283. The minimum atomic E-state index is -0.541. The summed E-state index contributed by atoms with van der Waals surface area (Å²) in [5.74, 6) is -2.08. The van der Waals surface area contributed by atoms with Crippen LogP contribution < -0.4 is 10.6 Å². The summed E-state index contributed by atoms with van der Waals surface area (Å²) < 4.78 is 9.20. The predicted molar refractivity (Wildman–Crippen MR) is 97.4 cm³/mol. The SMILES string of the molecule is COC(=O)c1ccc(NC(=O)CC(=O)Nc2cccc(C(=O)OC)c2)cc1. The molecule has 8 nitrogen and oxygen atoms in total. The number of rotatable bonds is 6. The van der Waals surface area contributed by atoms with Gasteiger partial charge in [-0.1, -0.05) is 6.07 Å². The number of methoxy groups -OCH3 is 2. The molecule has 0 spiro atoms. The third-order valence-corrected chi connectivity index (χ3v) is 3.48. The van der Waals surface area contributed by atoms with E-state index in [1.54, 1.807) is 18.2 Å². The first-order valence-electron chi connectivity index (χ1n) is 7.89. The first-order chi connectivity index (χ1) is 12.9. The van der Waals surface area contributed by atoms with Gasteiger partial charge in [0.05, 0.1) is 25.3 Å². The number of carbonyl (C=O) groups is 4. The molecule has 2 rings (SSSR count). The average Bonchev–Trinajstić information content (AvgIpc) is 2.67. The van der Waals surface area contributed by atoms with Gasteiger partial charge < -0.3 is 20.1 Å². The Bertz CT molecular complexity index is 861. The molecular formula is C19H18N2O6. The molecule has 2 amide bonds. The van der Waals surface area contributed by atoms with Gasteiger partial charge in [-0.15, -0.1) is 0 Å². The van der Waals surface area contributed by atoms with E-state index in [-0.39, 0.29) is 5.56 Å². The molecule has 8 heteroatoms. The van der Waals surface area contributed by atoms with E-state index in [1.165, 1.54) is 44.6 Å². The van der Waals surface area contributed by atoms with Gasteiger partial charge in [-0.3, -0.25) is 9.59 Å². The molecule has 140 valence electrons. The maximum atomic E-state index is 12.0. The van der Waals surface area contributed by atoms with Crippen LogP contribution in [0.5, 0.6) is 0 Å². The molecule has 2 N–H and O–H groups in total. The van der Waals surface area contributed by atoms with Crippen LogP contribution in [0.25, 0.3) is 0 Å². The van der Waals surface area contributed by atoms with Crippen LogP contribution in [0.4, 0.5) is 11.4 Å². The first-order valence-corrected chi connectivity index (χ1v) is 7.89. The summed E-state index contributed by atoms with van der Waals surface area (Å²) in [4.78, 5) is 46.8. The summed E-state index contributed by atoms with van der Waals surface area (Å²) in [7, 11) is 2.53. The summed E-state index contributed by atoms with van der Waals surface area (Å²) in [6.45, 7) is 0. The van der Waals surface area contributed by atoms with Crippen LogP contribution in [0, 0.1) is 0 Å². The molecule has 0 bridgehead atoms. The maximum Gasteiger partial charge on any atom is 0.337 e. The van der Waals surface area contributed by atoms with E-state index < -0.39 is 30.2 Å². The van der Waals surface area contributed by atoms with Crippen molar-refractivity contribution in [1.29, 1.82) is 0 Å². The monoisotopic (exact) mass is 370 g/mol. The maximum absolute atomic E-state index is 12.0. The quantitative estimate of drug-likeness (QED) is 0.596. The predicted octanol–water partition coefficient (Wildman–Crippen LogP) is 2.23. The standard InChI is InChI=1S/C19H18N2O6/c1-26-18(24)12-6-8-14(9-7-12)20-16(22)11-17(23)21-15-5-3-4-13(10-15)19(25)27-2/h3-10H,11H2,1-2H3,(H,20,22)(H,21,23). The number of carbonyl (C=O) groups excluding carboxylic acids is 4. The molecule has 0 radical (unpaired) electrons. The second-order valence-corrected chi connectivity index (χ2v) is 5.41. The Hall–Kier alpha value is -3.68. The number of anilines is 2. The number of nitrogens with one attached hydrogen (secondary N) is 2. The van der Waals surface area contributed by atoms with Gasteiger partial charge >= 0.3 is 11.9 Å². The van der Waals surface area contributed by atoms with E-state index >= 15 is 0 Å². The van der Waals surface area contributed by atoms with E-state index in [0.717, 1.165) is 0 Å². The lowest BCUT2D eigenvalue weighted by atomic mass is 10.2. The highest BCUT2D eigenvalue weighted by atomic mass is 16.5. The lowest BCUT2D eigenvalue weighted by Crippen LogP contribution is -2.21. The highest BCUT2D eigenvalue weighted by Gasteiger charge is 2.12. The fourth-order valence-electron chi connectivity index (χ4n) is 2.21. The van der Waals surface area contributed by atoms with Crippen molar-refractivity contribution in [3.8, 4) is 0 Å². The molecule has 0 aliphatic heterocycles. The van der Waals surface area contributed by atoms with Gasteiger partial charge in [0.25, 0.3) is 0 Å². The molecular weight excluding hydrogens is 352 g/mol. The smallest absolute Gasteiger partial charge is 0.337 e. The summed E-state index contributed by atoms with van der Waals surface area (Å²) in [6, 6.07) is 12.2. The normalized spacial score (nSPS) is 9.85. The molecule has 2 aromatic carbocycles. The van der Waals surface area contributed by atoms with Crippen LogP contribution in [0.3, 0.4) is 0 Å². The van der Waals surface area contributed by atoms with E-state index in [2.05, 4.69) is 20.1 Å². The van der Waals surface area contributed by atoms with Gasteiger partial charge in [0.1, 0.15) is 6.42 Å². The van der Waals surface area contributed by atoms with Crippen molar-refractivity contribution in [3.63, 3.8) is 0 Å². The van der Waals surface area contributed by atoms with Gasteiger partial charge in [-0.2, -0.15) is 0 Å². The zero-order valence-electron chi connectivity index (χ0n) is 14.8. The number of esters is 2. The second kappa shape index (κ2) is 9.14. The molecule has 0 aromatic heterocycles. The van der Waals surface area contributed by atoms with Crippen LogP contribution >= 0.6 is 0 Å². The third-order valence-electron chi connectivity index (χ3n) is 3.48. The fraction of sp³-hybridized carbons (Fsp3) is 0.158. The van der Waals surface area contributed by atoms with Crippen molar-refractivity contribution in [2.45, 2.75) is 6.42 Å². The van der Waals surface area contributed by atoms with Crippen molar-refractivity contribution in [2.24, 2.45) is 0 Å². The lowest BCUT2D eigenvalue weighted by Gasteiger charge is -2.08. The Labute approximate surface area is 155 Å². The number of hydrogen-bond donors (Lipinski definition) is 2. The van der Waals surface area contributed by atoms with Crippen LogP contribution in [0.2, 0.25) is 0 Å². The van der Waals surface area contributed by atoms with Gasteiger partial charge in [-0.25, -0.2) is 9.59 Å². The Morgan fingerprint density at radius 1 is 0.741 bits per heavy atom. The van der Waals surface area contributed by atoms with E-state index in [0.29, 0.717) is 16.9 Å². The van der Waals surface area contributed by atoms with E-state index in [1.807, 2.05) is 0 Å². The van der Waals surface area contributed by atoms with Gasteiger partial charge in [-0.05, 0) is 42.5 Å². The molecule has 0 saturated carbocycles. The first kappa shape index (κ1) is 19.6. The summed E-state index contributed by atoms with van der Waals surface area (Å²) >= 11 is 0. The van der Waals surface area contributed by atoms with Crippen LogP contribution in [-0.4, -0.2) is 38.0 Å². The molecule has 0 fully saturated rings. The van der Waals surface area contributed by atoms with Crippen molar-refractivity contribution >= 4 is 35.1 Å². The number of benzene rings is 2. The molecule has 0 heterocycles. The Balaban J connectivity index is 1.91. The van der Waals surface area contributed by atoms with Gasteiger partial charge in [0, 0.05) is 11.4 Å². The highest BCUT2D eigenvalue weighted by molar-refractivity contribution is 6.08. The molecule has 0 aliphatic carbocycles. The average molecular weight is 370 g/mol. The summed E-state index contributed by atoms with van der Waals surface area (Å²) in [6.07, 6.45) is -0.415. The van der Waals surface area contributed by atoms with Gasteiger partial charge in [0.15, 0.2) is 0 Å². The molecule has 0 saturated heterocycles. The Morgan fingerprint density at radius 3 is 1.89 bits per heavy atom. The lowest BCUT2D eigenvalue weighted by molar-refractivity contribution is -0.123. The molecule has 27 heavy (non-hydrogen) atoms. The van der Waals surface area contributed by atoms with E-state index in [4.69, 9.17) is 0 Å². The molecule has 0 unspecified atom stereocenters. The number of amides is 2. The third kappa shape index (κ3) is 5.67. The van der Waals surface area contributed by atoms with Crippen molar-refractivity contribution in [1.82, 2.24) is 0 Å². The summed E-state index contributed by atoms with van der Waals surface area (Å²) in [5.41, 5.74) is 1.44. The van der Waals surface area contributed by atoms with Crippen molar-refractivity contribution < 1.29 is 28.7 Å².